The van der Waals surface area contributed by atoms with Crippen molar-refractivity contribution in [2.45, 2.75) is 95.2 Å². The summed E-state index contributed by atoms with van der Waals surface area (Å²) in [6.07, 6.45) is 6.01. The lowest BCUT2D eigenvalue weighted by atomic mass is 9.94. The van der Waals surface area contributed by atoms with E-state index in [1.807, 2.05) is 51.8 Å². The van der Waals surface area contributed by atoms with Crippen LogP contribution in [0.15, 0.2) is 34.4 Å². The predicted molar refractivity (Wildman–Crippen MR) is 201 cm³/mol. The van der Waals surface area contributed by atoms with Gasteiger partial charge in [0.2, 0.25) is 5.91 Å². The number of nitrogens with zero attached hydrogens (tertiary/aromatic N) is 3. The Bertz CT molecular complexity index is 1310. The number of rotatable bonds is 21. The number of amides is 5. The number of hydrazone groups is 1. The fraction of sp³-hybridized carbons (Fsp3) is 0.686. The zero-order chi connectivity index (χ0) is 36.7. The number of phenolic OH excluding ortho intramolecular Hbond substituents is 1. The fourth-order valence-corrected chi connectivity index (χ4v) is 7.18. The molecule has 2 aliphatic rings. The summed E-state index contributed by atoms with van der Waals surface area (Å²) in [6, 6.07) is 7.25. The SMILES string of the molecule is CN(C)[C@H](CNC(=O)NCCC(C=NCC(C)(C)COC(C)(C)CNC(=O)CCCC[C@H]1SC[C@@H]2NC(=O)NC21)=NN)Cc1ccc(O)cc1. The number of thioether (sulfide) groups is 1. The number of unbranched alkanes of at least 4 members (excludes halogenated alkanes) is 1. The Morgan fingerprint density at radius 3 is 2.56 bits per heavy atom. The van der Waals surface area contributed by atoms with Gasteiger partial charge in [0.15, 0.2) is 0 Å². The molecule has 50 heavy (non-hydrogen) atoms. The molecule has 0 aromatic heterocycles. The van der Waals surface area contributed by atoms with Crippen LogP contribution in [0.3, 0.4) is 0 Å². The molecule has 0 saturated carbocycles. The number of aliphatic imine (C=N–C) groups is 1. The number of urea groups is 2. The van der Waals surface area contributed by atoms with Crippen molar-refractivity contribution in [1.82, 2.24) is 31.5 Å². The molecule has 5 amide bonds. The molecule has 0 spiro atoms. The minimum Gasteiger partial charge on any atom is -0.508 e. The zero-order valence-corrected chi connectivity index (χ0v) is 31.4. The topological polar surface area (TPSA) is 195 Å². The van der Waals surface area contributed by atoms with Crippen LogP contribution in [0.2, 0.25) is 0 Å². The Morgan fingerprint density at radius 1 is 1.12 bits per heavy atom. The van der Waals surface area contributed by atoms with Crippen molar-refractivity contribution in [2.75, 3.05) is 52.6 Å². The number of carbonyl (C=O) groups excluding carboxylic acids is 3. The second-order valence-corrected chi connectivity index (χ2v) is 16.1. The first-order valence-electron chi connectivity index (χ1n) is 17.5. The molecule has 14 nitrogen and oxygen atoms in total. The van der Waals surface area contributed by atoms with Crippen molar-refractivity contribution in [2.24, 2.45) is 21.4 Å². The third kappa shape index (κ3) is 14.7. The molecule has 4 atom stereocenters. The highest BCUT2D eigenvalue weighted by Crippen LogP contribution is 2.33. The average molecular weight is 718 g/mol. The van der Waals surface area contributed by atoms with Crippen LogP contribution in [0.25, 0.3) is 0 Å². The lowest BCUT2D eigenvalue weighted by Crippen LogP contribution is -2.45. The van der Waals surface area contributed by atoms with Crippen LogP contribution in [0, 0.1) is 5.41 Å². The van der Waals surface area contributed by atoms with Crippen molar-refractivity contribution < 1.29 is 24.2 Å². The van der Waals surface area contributed by atoms with Crippen LogP contribution in [-0.4, -0.2) is 122 Å². The van der Waals surface area contributed by atoms with Crippen molar-refractivity contribution in [1.29, 1.82) is 0 Å². The van der Waals surface area contributed by atoms with Crippen LogP contribution >= 0.6 is 11.8 Å². The van der Waals surface area contributed by atoms with Gasteiger partial charge in [-0.25, -0.2) is 9.59 Å². The maximum absolute atomic E-state index is 12.5. The molecule has 0 bridgehead atoms. The number of aromatic hydroxyl groups is 1. The first kappa shape index (κ1) is 40.9. The van der Waals surface area contributed by atoms with E-state index in [0.717, 1.165) is 37.0 Å². The second-order valence-electron chi connectivity index (χ2n) is 14.8. The average Bonchev–Trinajstić information content (AvgIpc) is 3.62. The van der Waals surface area contributed by atoms with Gasteiger partial charge < -0.3 is 47.2 Å². The zero-order valence-electron chi connectivity index (χ0n) is 30.6. The van der Waals surface area contributed by atoms with E-state index >= 15 is 0 Å². The van der Waals surface area contributed by atoms with Gasteiger partial charge in [0.05, 0.1) is 30.0 Å². The predicted octanol–water partition coefficient (Wildman–Crippen LogP) is 2.60. The number of ether oxygens (including phenoxy) is 1. The molecule has 3 rings (SSSR count). The standard InChI is InChI=1S/C35H59N9O5S/c1-34(2,23-49-35(3,4)22-40-30(46)10-8-7-9-29-31-28(20-50-29)41-33(48)42-31)21-37-18-25(43-36)15-16-38-32(47)39-19-26(44(5)6)17-24-11-13-27(45)14-12-24/h11-14,18,26,28-29,31,45H,7-10,15-17,19-23,36H2,1-6H3,(H,40,46)(H2,38,39,47)(H2,41,42,48)/t26-,28-,29+,31?/m0/s1. The number of nitrogens with one attached hydrogen (secondary N) is 5. The lowest BCUT2D eigenvalue weighted by Gasteiger charge is -2.31. The molecule has 15 heteroatoms. The molecule has 2 aliphatic heterocycles. The van der Waals surface area contributed by atoms with E-state index in [0.29, 0.717) is 56.6 Å². The van der Waals surface area contributed by atoms with Crippen LogP contribution in [0.5, 0.6) is 5.75 Å². The summed E-state index contributed by atoms with van der Waals surface area (Å²) in [5.74, 6) is 6.78. The summed E-state index contributed by atoms with van der Waals surface area (Å²) < 4.78 is 6.20. The lowest BCUT2D eigenvalue weighted by molar-refractivity contribution is -0.123. The Hall–Kier alpha value is -3.56. The Labute approximate surface area is 301 Å². The van der Waals surface area contributed by atoms with E-state index in [1.54, 1.807) is 18.3 Å². The second kappa shape index (κ2) is 19.7. The third-order valence-corrected chi connectivity index (χ3v) is 10.4. The van der Waals surface area contributed by atoms with Gasteiger partial charge in [-0.3, -0.25) is 9.79 Å². The van der Waals surface area contributed by atoms with Gasteiger partial charge in [0, 0.05) is 67.7 Å². The van der Waals surface area contributed by atoms with E-state index in [9.17, 15) is 19.5 Å². The van der Waals surface area contributed by atoms with Gasteiger partial charge in [-0.05, 0) is 64.9 Å². The van der Waals surface area contributed by atoms with E-state index in [-0.39, 0.29) is 47.3 Å². The first-order chi connectivity index (χ1) is 23.7. The number of likely N-dealkylation sites (N-methyl/N-ethyl adjacent to an activating group) is 1. The van der Waals surface area contributed by atoms with Crippen molar-refractivity contribution >= 4 is 41.7 Å². The summed E-state index contributed by atoms with van der Waals surface area (Å²) >= 11 is 1.89. The van der Waals surface area contributed by atoms with Gasteiger partial charge >= 0.3 is 12.1 Å². The summed E-state index contributed by atoms with van der Waals surface area (Å²) in [4.78, 5) is 43.1. The Morgan fingerprint density at radius 2 is 1.86 bits per heavy atom. The molecule has 0 aliphatic carbocycles. The van der Waals surface area contributed by atoms with Crippen molar-refractivity contribution in [3.05, 3.63) is 29.8 Å². The quantitative estimate of drug-likeness (QED) is 0.0332. The summed E-state index contributed by atoms with van der Waals surface area (Å²) in [5.41, 5.74) is 0.820. The smallest absolute Gasteiger partial charge is 0.315 e. The largest absolute Gasteiger partial charge is 0.508 e. The van der Waals surface area contributed by atoms with Gasteiger partial charge in [-0.2, -0.15) is 16.9 Å². The molecular weight excluding hydrogens is 659 g/mol. The minimum absolute atomic E-state index is 0.0160. The van der Waals surface area contributed by atoms with Gasteiger partial charge in [-0.1, -0.05) is 32.4 Å². The van der Waals surface area contributed by atoms with Gasteiger partial charge in [0.1, 0.15) is 5.75 Å². The number of nitrogens with two attached hydrogens (primary N) is 1. The highest BCUT2D eigenvalue weighted by molar-refractivity contribution is 8.00. The Kier molecular flexibility index (Phi) is 16.1. The highest BCUT2D eigenvalue weighted by Gasteiger charge is 2.42. The molecule has 0 radical (unpaired) electrons. The number of fused-ring (bicyclic) bond motifs is 1. The minimum atomic E-state index is -0.548. The van der Waals surface area contributed by atoms with Crippen molar-refractivity contribution in [3.63, 3.8) is 0 Å². The molecule has 2 heterocycles. The molecule has 8 N–H and O–H groups in total. The highest BCUT2D eigenvalue weighted by atomic mass is 32.2. The Balaban J connectivity index is 1.27. The number of phenols is 1. The number of benzene rings is 1. The van der Waals surface area contributed by atoms with E-state index in [1.165, 1.54) is 0 Å². The monoisotopic (exact) mass is 717 g/mol. The number of carbonyl (C=O) groups is 3. The molecule has 2 fully saturated rings. The summed E-state index contributed by atoms with van der Waals surface area (Å²) in [5, 5.41) is 28.5. The first-order valence-corrected chi connectivity index (χ1v) is 18.5. The third-order valence-electron chi connectivity index (χ3n) is 8.87. The molecule has 1 aromatic rings. The summed E-state index contributed by atoms with van der Waals surface area (Å²) in [7, 11) is 3.93. The number of hydrogen-bond acceptors (Lipinski definition) is 10. The maximum atomic E-state index is 12.5. The van der Waals surface area contributed by atoms with Crippen LogP contribution < -0.4 is 32.4 Å². The summed E-state index contributed by atoms with van der Waals surface area (Å²) in [6.45, 7) is 10.2. The van der Waals surface area contributed by atoms with E-state index < -0.39 is 5.60 Å². The maximum Gasteiger partial charge on any atom is 0.315 e. The molecule has 2 saturated heterocycles. The van der Waals surface area contributed by atoms with E-state index in [4.69, 9.17) is 10.6 Å². The van der Waals surface area contributed by atoms with Gasteiger partial charge in [-0.15, -0.1) is 0 Å². The normalized spacial score (nSPS) is 20.0. The van der Waals surface area contributed by atoms with E-state index in [2.05, 4.69) is 55.4 Å². The number of hydrogen-bond donors (Lipinski definition) is 7. The fourth-order valence-electron chi connectivity index (χ4n) is 5.64. The van der Waals surface area contributed by atoms with Crippen molar-refractivity contribution in [3.8, 4) is 5.75 Å². The molecule has 1 aromatic carbocycles. The molecular formula is C35H59N9O5S. The van der Waals surface area contributed by atoms with Gasteiger partial charge in [0.25, 0.3) is 0 Å². The molecule has 280 valence electrons. The van der Waals surface area contributed by atoms with Crippen LogP contribution in [0.1, 0.15) is 65.4 Å². The van der Waals surface area contributed by atoms with Crippen LogP contribution in [-0.2, 0) is 16.0 Å². The molecule has 1 unspecified atom stereocenters. The van der Waals surface area contributed by atoms with Crippen LogP contribution in [0.4, 0.5) is 9.59 Å².